The second-order valence-corrected chi connectivity index (χ2v) is 4.12. The molecule has 1 aliphatic heterocycles. The van der Waals surface area contributed by atoms with E-state index in [4.69, 9.17) is 9.84 Å². The van der Waals surface area contributed by atoms with E-state index in [2.05, 4.69) is 0 Å². The van der Waals surface area contributed by atoms with Crippen LogP contribution in [0.15, 0.2) is 11.6 Å². The summed E-state index contributed by atoms with van der Waals surface area (Å²) in [7, 11) is 0. The number of carbonyl (C=O) groups is 2. The first kappa shape index (κ1) is 13.7. The van der Waals surface area contributed by atoms with E-state index in [9.17, 15) is 9.59 Å². The van der Waals surface area contributed by atoms with Gasteiger partial charge in [-0.25, -0.2) is 0 Å². The Kier molecular flexibility index (Phi) is 5.15. The number of amides is 1. The van der Waals surface area contributed by atoms with Gasteiger partial charge in [-0.3, -0.25) is 9.59 Å². The number of nitrogens with zero attached hydrogens (tertiary/aromatic N) is 1. The maximum atomic E-state index is 12.1. The van der Waals surface area contributed by atoms with E-state index >= 15 is 0 Å². The number of carboxylic acids is 1. The first-order chi connectivity index (χ1) is 8.06. The van der Waals surface area contributed by atoms with Gasteiger partial charge < -0.3 is 14.7 Å². The molecule has 1 atom stereocenters. The summed E-state index contributed by atoms with van der Waals surface area (Å²) in [5.41, 5.74) is 0.671. The van der Waals surface area contributed by atoms with E-state index < -0.39 is 5.97 Å². The molecule has 1 N–H and O–H groups in total. The quantitative estimate of drug-likeness (QED) is 0.747. The molecule has 0 radical (unpaired) electrons. The molecule has 0 aromatic heterocycles. The predicted molar refractivity (Wildman–Crippen MR) is 62.6 cm³/mol. The van der Waals surface area contributed by atoms with Crippen molar-refractivity contribution in [3.05, 3.63) is 11.6 Å². The van der Waals surface area contributed by atoms with Crippen molar-refractivity contribution in [3.8, 4) is 0 Å². The van der Waals surface area contributed by atoms with Gasteiger partial charge in [0.2, 0.25) is 5.91 Å². The third-order valence-corrected chi connectivity index (χ3v) is 2.75. The summed E-state index contributed by atoms with van der Waals surface area (Å²) >= 11 is 0. The highest BCUT2D eigenvalue weighted by molar-refractivity contribution is 5.93. The molecule has 0 bridgehead atoms. The normalized spacial score (nSPS) is 21.4. The molecule has 1 amide bonds. The summed E-state index contributed by atoms with van der Waals surface area (Å²) in [5, 5.41) is 8.80. The lowest BCUT2D eigenvalue weighted by atomic mass is 10.1. The van der Waals surface area contributed by atoms with E-state index in [1.807, 2.05) is 13.0 Å². The standard InChI is InChI=1S/C12H19NO4/c1-3-4-9(2)12(16)13-5-6-17-8-10(13)7-11(14)15/h4,10H,3,5-8H2,1-2H3,(H,14,15). The van der Waals surface area contributed by atoms with Gasteiger partial charge in [0.1, 0.15) is 0 Å². The van der Waals surface area contributed by atoms with Crippen LogP contribution < -0.4 is 0 Å². The van der Waals surface area contributed by atoms with Gasteiger partial charge in [-0.2, -0.15) is 0 Å². The van der Waals surface area contributed by atoms with Gasteiger partial charge in [0, 0.05) is 12.1 Å². The van der Waals surface area contributed by atoms with Crippen LogP contribution in [0.1, 0.15) is 26.7 Å². The van der Waals surface area contributed by atoms with Crippen molar-refractivity contribution in [2.45, 2.75) is 32.7 Å². The van der Waals surface area contributed by atoms with Crippen molar-refractivity contribution in [3.63, 3.8) is 0 Å². The molecular formula is C12H19NO4. The number of allylic oxidation sites excluding steroid dienone is 1. The summed E-state index contributed by atoms with van der Waals surface area (Å²) in [5.74, 6) is -0.989. The van der Waals surface area contributed by atoms with Gasteiger partial charge in [0.15, 0.2) is 0 Å². The minimum Gasteiger partial charge on any atom is -0.481 e. The fraction of sp³-hybridized carbons (Fsp3) is 0.667. The molecule has 5 nitrogen and oxygen atoms in total. The summed E-state index contributed by atoms with van der Waals surface area (Å²) < 4.78 is 5.23. The molecule has 1 fully saturated rings. The fourth-order valence-electron chi connectivity index (χ4n) is 1.91. The van der Waals surface area contributed by atoms with E-state index in [1.165, 1.54) is 0 Å². The van der Waals surface area contributed by atoms with Crippen LogP contribution in [-0.2, 0) is 14.3 Å². The van der Waals surface area contributed by atoms with E-state index in [0.717, 1.165) is 6.42 Å². The number of hydrogen-bond acceptors (Lipinski definition) is 3. The Morgan fingerprint density at radius 3 is 2.82 bits per heavy atom. The van der Waals surface area contributed by atoms with E-state index in [1.54, 1.807) is 11.8 Å². The number of ether oxygens (including phenoxy) is 1. The lowest BCUT2D eigenvalue weighted by molar-refractivity contribution is -0.144. The summed E-state index contributed by atoms with van der Waals surface area (Å²) in [6.45, 7) is 4.97. The molecule has 1 unspecified atom stereocenters. The highest BCUT2D eigenvalue weighted by atomic mass is 16.5. The molecule has 1 rings (SSSR count). The third-order valence-electron chi connectivity index (χ3n) is 2.75. The number of morpholine rings is 1. The Morgan fingerprint density at radius 1 is 1.53 bits per heavy atom. The van der Waals surface area contributed by atoms with Crippen LogP contribution in [0.3, 0.4) is 0 Å². The molecule has 1 saturated heterocycles. The molecule has 5 heteroatoms. The van der Waals surface area contributed by atoms with Crippen molar-refractivity contribution in [1.29, 1.82) is 0 Å². The van der Waals surface area contributed by atoms with Crippen molar-refractivity contribution in [2.24, 2.45) is 0 Å². The van der Waals surface area contributed by atoms with Crippen LogP contribution in [0.4, 0.5) is 0 Å². The van der Waals surface area contributed by atoms with Crippen molar-refractivity contribution < 1.29 is 19.4 Å². The molecule has 0 spiro atoms. The zero-order valence-corrected chi connectivity index (χ0v) is 10.3. The Hall–Kier alpha value is -1.36. The second kappa shape index (κ2) is 6.39. The van der Waals surface area contributed by atoms with Gasteiger partial charge in [0.05, 0.1) is 25.7 Å². The van der Waals surface area contributed by atoms with Crippen LogP contribution in [0.2, 0.25) is 0 Å². The molecule has 17 heavy (non-hydrogen) atoms. The fourth-order valence-corrected chi connectivity index (χ4v) is 1.91. The Labute approximate surface area is 101 Å². The van der Waals surface area contributed by atoms with Crippen molar-refractivity contribution >= 4 is 11.9 Å². The highest BCUT2D eigenvalue weighted by Crippen LogP contribution is 2.14. The molecule has 1 aliphatic rings. The molecule has 1 heterocycles. The van der Waals surface area contributed by atoms with Gasteiger partial charge in [-0.05, 0) is 13.3 Å². The first-order valence-corrected chi connectivity index (χ1v) is 5.83. The van der Waals surface area contributed by atoms with Crippen LogP contribution in [-0.4, -0.2) is 47.7 Å². The van der Waals surface area contributed by atoms with Crippen LogP contribution >= 0.6 is 0 Å². The predicted octanol–water partition coefficient (Wildman–Crippen LogP) is 1.04. The SMILES string of the molecule is CCC=C(C)C(=O)N1CCOCC1CC(=O)O. The van der Waals surface area contributed by atoms with Crippen LogP contribution in [0.25, 0.3) is 0 Å². The molecule has 96 valence electrons. The zero-order valence-electron chi connectivity index (χ0n) is 10.3. The lowest BCUT2D eigenvalue weighted by Crippen LogP contribution is -2.49. The maximum Gasteiger partial charge on any atom is 0.305 e. The number of carboxylic acid groups (broad SMARTS) is 1. The molecule has 0 aromatic carbocycles. The van der Waals surface area contributed by atoms with Crippen LogP contribution in [0.5, 0.6) is 0 Å². The Bertz CT molecular complexity index is 324. The second-order valence-electron chi connectivity index (χ2n) is 4.12. The number of carbonyl (C=O) groups excluding carboxylic acids is 1. The van der Waals surface area contributed by atoms with Crippen LogP contribution in [0, 0.1) is 0 Å². The Morgan fingerprint density at radius 2 is 2.24 bits per heavy atom. The minimum absolute atomic E-state index is 0.0643. The van der Waals surface area contributed by atoms with Gasteiger partial charge in [-0.1, -0.05) is 13.0 Å². The monoisotopic (exact) mass is 241 g/mol. The van der Waals surface area contributed by atoms with Gasteiger partial charge in [0.25, 0.3) is 0 Å². The summed E-state index contributed by atoms with van der Waals surface area (Å²) in [6, 6.07) is -0.353. The smallest absolute Gasteiger partial charge is 0.305 e. The number of rotatable bonds is 4. The van der Waals surface area contributed by atoms with Crippen molar-refractivity contribution in [2.75, 3.05) is 19.8 Å². The number of aliphatic carboxylic acids is 1. The number of hydrogen-bond donors (Lipinski definition) is 1. The Balaban J connectivity index is 2.73. The average Bonchev–Trinajstić information content (AvgIpc) is 2.28. The van der Waals surface area contributed by atoms with Crippen molar-refractivity contribution in [1.82, 2.24) is 4.90 Å². The zero-order chi connectivity index (χ0) is 12.8. The molecular weight excluding hydrogens is 222 g/mol. The summed E-state index contributed by atoms with van der Waals surface area (Å²) in [4.78, 5) is 24.4. The van der Waals surface area contributed by atoms with E-state index in [0.29, 0.717) is 25.3 Å². The minimum atomic E-state index is -0.907. The summed E-state index contributed by atoms with van der Waals surface area (Å²) in [6.07, 6.45) is 2.59. The molecule has 0 aromatic rings. The highest BCUT2D eigenvalue weighted by Gasteiger charge is 2.29. The van der Waals surface area contributed by atoms with Gasteiger partial charge >= 0.3 is 5.97 Å². The largest absolute Gasteiger partial charge is 0.481 e. The van der Waals surface area contributed by atoms with E-state index in [-0.39, 0.29) is 18.4 Å². The third kappa shape index (κ3) is 3.85. The molecule has 0 saturated carbocycles. The maximum absolute atomic E-state index is 12.1. The average molecular weight is 241 g/mol. The van der Waals surface area contributed by atoms with Gasteiger partial charge in [-0.15, -0.1) is 0 Å². The first-order valence-electron chi connectivity index (χ1n) is 5.83. The molecule has 0 aliphatic carbocycles. The topological polar surface area (TPSA) is 66.8 Å². The lowest BCUT2D eigenvalue weighted by Gasteiger charge is -2.35.